The molecule has 2 saturated heterocycles. The van der Waals surface area contributed by atoms with Gasteiger partial charge in [-0.1, -0.05) is 0 Å². The average molecular weight is 353 g/mol. The number of carbonyl (C=O) groups excluding carboxylic acids is 1. The van der Waals surface area contributed by atoms with Crippen LogP contribution in [0.25, 0.3) is 0 Å². The number of hydrogen-bond donors (Lipinski definition) is 3. The molecule has 3 N–H and O–H groups in total. The summed E-state index contributed by atoms with van der Waals surface area (Å²) in [4.78, 5) is 16.7. The van der Waals surface area contributed by atoms with Gasteiger partial charge in [-0.25, -0.2) is 12.7 Å². The van der Waals surface area contributed by atoms with Crippen LogP contribution >= 0.6 is 0 Å². The molecule has 2 aliphatic rings. The quantitative estimate of drug-likeness (QED) is 0.572. The van der Waals surface area contributed by atoms with E-state index >= 15 is 0 Å². The lowest BCUT2D eigenvalue weighted by Gasteiger charge is -2.26. The van der Waals surface area contributed by atoms with Crippen molar-refractivity contribution in [1.29, 1.82) is 0 Å². The summed E-state index contributed by atoms with van der Waals surface area (Å²) >= 11 is 0. The highest BCUT2D eigenvalue weighted by Gasteiger charge is 2.56. The maximum atomic E-state index is 12.7. The molecule has 0 radical (unpaired) electrons. The molecule has 9 heteroatoms. The van der Waals surface area contributed by atoms with E-state index in [-0.39, 0.29) is 18.4 Å². The number of aromatic nitrogens is 1. The van der Waals surface area contributed by atoms with Gasteiger partial charge in [-0.3, -0.25) is 9.78 Å². The zero-order valence-electron chi connectivity index (χ0n) is 13.7. The van der Waals surface area contributed by atoms with Crippen LogP contribution in [0.1, 0.15) is 0 Å². The maximum Gasteiger partial charge on any atom is 0.229 e. The summed E-state index contributed by atoms with van der Waals surface area (Å²) in [6.45, 7) is 2.92. The van der Waals surface area contributed by atoms with E-state index in [2.05, 4.69) is 20.9 Å². The molecule has 1 aromatic rings. The van der Waals surface area contributed by atoms with E-state index in [4.69, 9.17) is 0 Å². The summed E-state index contributed by atoms with van der Waals surface area (Å²) in [5.74, 6) is -0.0462. The fourth-order valence-corrected chi connectivity index (χ4v) is 4.39. The van der Waals surface area contributed by atoms with Gasteiger partial charge in [0.2, 0.25) is 15.9 Å². The van der Waals surface area contributed by atoms with E-state index in [0.717, 1.165) is 5.69 Å². The van der Waals surface area contributed by atoms with E-state index in [1.54, 1.807) is 12.4 Å². The third kappa shape index (κ3) is 3.38. The predicted molar refractivity (Wildman–Crippen MR) is 90.9 cm³/mol. The third-order valence-corrected chi connectivity index (χ3v) is 6.03. The van der Waals surface area contributed by atoms with E-state index in [0.29, 0.717) is 32.7 Å². The van der Waals surface area contributed by atoms with Gasteiger partial charge in [0.1, 0.15) is 0 Å². The highest BCUT2D eigenvalue weighted by atomic mass is 32.2. The lowest BCUT2D eigenvalue weighted by Crippen LogP contribution is -2.48. The minimum atomic E-state index is -3.27. The molecule has 3 rings (SSSR count). The summed E-state index contributed by atoms with van der Waals surface area (Å²) in [7, 11) is -3.27. The first-order chi connectivity index (χ1) is 11.4. The summed E-state index contributed by atoms with van der Waals surface area (Å²) in [6.07, 6.45) is 4.62. The number of carbonyl (C=O) groups is 1. The number of fused-ring (bicyclic) bond motifs is 1. The van der Waals surface area contributed by atoms with Crippen LogP contribution in [0.15, 0.2) is 24.5 Å². The molecule has 8 nitrogen and oxygen atoms in total. The predicted octanol–water partition coefficient (Wildman–Crippen LogP) is -0.909. The number of rotatable bonds is 6. The lowest BCUT2D eigenvalue weighted by atomic mass is 9.80. The molecule has 2 fully saturated rings. The third-order valence-electron chi connectivity index (χ3n) is 4.82. The van der Waals surface area contributed by atoms with Crippen LogP contribution in [0.3, 0.4) is 0 Å². The Hall–Kier alpha value is -1.71. The van der Waals surface area contributed by atoms with Gasteiger partial charge in [0.15, 0.2) is 0 Å². The Bertz CT molecular complexity index is 696. The van der Waals surface area contributed by atoms with Crippen LogP contribution in [0.5, 0.6) is 0 Å². The first kappa shape index (κ1) is 17.1. The minimum absolute atomic E-state index is 0.0264. The molecular weight excluding hydrogens is 330 g/mol. The standard InChI is InChI=1S/C15H23N5O3S/c1-24(22,23)20-9-12-7-17-10-15(12,11-20)14(21)19-6-5-18-13-3-2-4-16-8-13/h2-4,8,12,17-18H,5-7,9-11H2,1H3,(H,19,21)/t12-,15-/m1/s1. The SMILES string of the molecule is CS(=O)(=O)N1C[C@H]2CNC[C@@]2(C(=O)NCCNc2cccnc2)C1. The second kappa shape index (κ2) is 6.66. The molecule has 24 heavy (non-hydrogen) atoms. The number of hydrogen-bond acceptors (Lipinski definition) is 6. The van der Waals surface area contributed by atoms with Crippen molar-refractivity contribution in [2.24, 2.45) is 11.3 Å². The van der Waals surface area contributed by atoms with Crippen molar-refractivity contribution in [3.63, 3.8) is 0 Å². The maximum absolute atomic E-state index is 12.7. The van der Waals surface area contributed by atoms with Crippen molar-refractivity contribution in [2.45, 2.75) is 0 Å². The van der Waals surface area contributed by atoms with Crippen LogP contribution in [-0.2, 0) is 14.8 Å². The number of nitrogens with zero attached hydrogens (tertiary/aromatic N) is 2. The highest BCUT2D eigenvalue weighted by molar-refractivity contribution is 7.88. The first-order valence-corrected chi connectivity index (χ1v) is 9.85. The van der Waals surface area contributed by atoms with Crippen molar-refractivity contribution in [3.05, 3.63) is 24.5 Å². The summed E-state index contributed by atoms with van der Waals surface area (Å²) < 4.78 is 25.0. The molecule has 132 valence electrons. The molecule has 1 amide bonds. The van der Waals surface area contributed by atoms with Crippen molar-refractivity contribution in [2.75, 3.05) is 50.8 Å². The molecule has 3 heterocycles. The molecule has 2 atom stereocenters. The van der Waals surface area contributed by atoms with Gasteiger partial charge >= 0.3 is 0 Å². The van der Waals surface area contributed by atoms with Crippen molar-refractivity contribution in [3.8, 4) is 0 Å². The Labute approximate surface area is 142 Å². The Morgan fingerprint density at radius 2 is 2.33 bits per heavy atom. The van der Waals surface area contributed by atoms with E-state index in [9.17, 15) is 13.2 Å². The molecule has 0 spiro atoms. The van der Waals surface area contributed by atoms with Gasteiger partial charge in [0.25, 0.3) is 0 Å². The van der Waals surface area contributed by atoms with Crippen LogP contribution in [0.4, 0.5) is 5.69 Å². The van der Waals surface area contributed by atoms with Crippen molar-refractivity contribution < 1.29 is 13.2 Å². The molecule has 0 aromatic carbocycles. The van der Waals surface area contributed by atoms with Gasteiger partial charge < -0.3 is 16.0 Å². The zero-order valence-corrected chi connectivity index (χ0v) is 14.5. The van der Waals surface area contributed by atoms with E-state index < -0.39 is 15.4 Å². The fraction of sp³-hybridized carbons (Fsp3) is 0.600. The Morgan fingerprint density at radius 1 is 1.50 bits per heavy atom. The van der Waals surface area contributed by atoms with Gasteiger partial charge in [-0.2, -0.15) is 0 Å². The number of amides is 1. The van der Waals surface area contributed by atoms with Gasteiger partial charge in [-0.05, 0) is 12.1 Å². The van der Waals surface area contributed by atoms with Crippen LogP contribution in [0, 0.1) is 11.3 Å². The second-order valence-electron chi connectivity index (χ2n) is 6.46. The van der Waals surface area contributed by atoms with Crippen LogP contribution in [-0.4, -0.2) is 69.1 Å². The second-order valence-corrected chi connectivity index (χ2v) is 8.45. The molecule has 0 unspecified atom stereocenters. The molecular formula is C15H23N5O3S. The highest BCUT2D eigenvalue weighted by Crippen LogP contribution is 2.40. The summed E-state index contributed by atoms with van der Waals surface area (Å²) in [5.41, 5.74) is 0.242. The Kier molecular flexibility index (Phi) is 4.75. The minimum Gasteiger partial charge on any atom is -0.382 e. The molecule has 0 saturated carbocycles. The number of nitrogens with one attached hydrogen (secondary N) is 3. The molecule has 2 aliphatic heterocycles. The number of sulfonamides is 1. The number of pyridine rings is 1. The van der Waals surface area contributed by atoms with E-state index in [1.165, 1.54) is 10.6 Å². The van der Waals surface area contributed by atoms with Crippen molar-refractivity contribution in [1.82, 2.24) is 19.9 Å². The van der Waals surface area contributed by atoms with Crippen LogP contribution < -0.4 is 16.0 Å². The Morgan fingerprint density at radius 3 is 3.04 bits per heavy atom. The van der Waals surface area contributed by atoms with Gasteiger partial charge in [0.05, 0.1) is 17.4 Å². The van der Waals surface area contributed by atoms with E-state index in [1.807, 2.05) is 12.1 Å². The lowest BCUT2D eigenvalue weighted by molar-refractivity contribution is -0.130. The first-order valence-electron chi connectivity index (χ1n) is 8.00. The fourth-order valence-electron chi connectivity index (χ4n) is 3.47. The summed E-state index contributed by atoms with van der Waals surface area (Å²) in [5, 5.41) is 9.36. The van der Waals surface area contributed by atoms with Gasteiger partial charge in [0, 0.05) is 57.6 Å². The molecule has 0 bridgehead atoms. The average Bonchev–Trinajstić information content (AvgIpc) is 3.10. The largest absolute Gasteiger partial charge is 0.382 e. The van der Waals surface area contributed by atoms with Gasteiger partial charge in [-0.15, -0.1) is 0 Å². The topological polar surface area (TPSA) is 103 Å². The van der Waals surface area contributed by atoms with Crippen molar-refractivity contribution >= 4 is 21.6 Å². The number of anilines is 1. The summed E-state index contributed by atoms with van der Waals surface area (Å²) in [6, 6.07) is 3.75. The van der Waals surface area contributed by atoms with Crippen LogP contribution in [0.2, 0.25) is 0 Å². The smallest absolute Gasteiger partial charge is 0.229 e. The Balaban J connectivity index is 1.55. The zero-order chi connectivity index (χ0) is 17.2. The monoisotopic (exact) mass is 353 g/mol. The normalized spacial score (nSPS) is 27.0. The molecule has 0 aliphatic carbocycles. The molecule has 1 aromatic heterocycles.